The van der Waals surface area contributed by atoms with Gasteiger partial charge in [-0.15, -0.1) is 0 Å². The Bertz CT molecular complexity index is 1360. The highest BCUT2D eigenvalue weighted by molar-refractivity contribution is 5.66. The summed E-state index contributed by atoms with van der Waals surface area (Å²) in [5, 5.41) is 31.0. The molecule has 1 unspecified atom stereocenters. The van der Waals surface area contributed by atoms with Gasteiger partial charge in [0.1, 0.15) is 36.1 Å². The molecule has 0 aromatic carbocycles. The van der Waals surface area contributed by atoms with Crippen molar-refractivity contribution in [3.8, 4) is 0 Å². The molecule has 4 saturated heterocycles. The SMILES string of the molecule is CC(=O)O[C@@H]1C[C@@]23C[C@@]24CC[C@H](O[C@@H]2OC[C@@H](O)[C@H](O)[C@H]2O)C(C)(C)[C@@H]4CC[C@H]3[C@]2(C)CC3O[C@@]4(C[C@@H](C)[C@@H]3[C@@]12C)OC[C@]1(C)O[C@H]41. The van der Waals surface area contributed by atoms with Crippen molar-refractivity contribution in [3.63, 3.8) is 0 Å². The lowest BCUT2D eigenvalue weighted by Crippen LogP contribution is -2.64. The molecule has 5 saturated carbocycles. The van der Waals surface area contributed by atoms with E-state index in [0.717, 1.165) is 51.4 Å². The molecular formula is C37H56O10. The summed E-state index contributed by atoms with van der Waals surface area (Å²) < 4.78 is 38.4. The molecule has 9 fully saturated rings. The number of aliphatic hydroxyl groups is 3. The zero-order valence-electron chi connectivity index (χ0n) is 29.2. The van der Waals surface area contributed by atoms with Crippen molar-refractivity contribution in [1.82, 2.24) is 0 Å². The fourth-order valence-electron chi connectivity index (χ4n) is 14.6. The van der Waals surface area contributed by atoms with Gasteiger partial charge >= 0.3 is 5.97 Å². The van der Waals surface area contributed by atoms with Gasteiger partial charge in [0.05, 0.1) is 25.4 Å². The van der Waals surface area contributed by atoms with Crippen LogP contribution in [0.1, 0.15) is 99.8 Å². The molecule has 10 heteroatoms. The largest absolute Gasteiger partial charge is 0.462 e. The molecule has 4 heterocycles. The topological polar surface area (TPSA) is 136 Å². The first-order chi connectivity index (χ1) is 22.0. The van der Waals surface area contributed by atoms with E-state index in [9.17, 15) is 20.1 Å². The van der Waals surface area contributed by atoms with Crippen molar-refractivity contribution < 1.29 is 48.5 Å². The summed E-state index contributed by atoms with van der Waals surface area (Å²) in [6, 6.07) is 0. The van der Waals surface area contributed by atoms with Crippen LogP contribution in [0.5, 0.6) is 0 Å². The summed E-state index contributed by atoms with van der Waals surface area (Å²) in [5.74, 6) is 0.642. The van der Waals surface area contributed by atoms with E-state index >= 15 is 0 Å². The normalized spacial score (nSPS) is 62.8. The second-order valence-corrected chi connectivity index (χ2v) is 18.9. The number of ether oxygens (including phenoxy) is 6. The van der Waals surface area contributed by atoms with E-state index in [1.807, 2.05) is 0 Å². The number of fused-ring (bicyclic) bond motifs is 6. The third kappa shape index (κ3) is 3.78. The van der Waals surface area contributed by atoms with Crippen molar-refractivity contribution in [1.29, 1.82) is 0 Å². The minimum atomic E-state index is -1.29. The fourth-order valence-corrected chi connectivity index (χ4v) is 14.6. The lowest BCUT2D eigenvalue weighted by molar-refractivity contribution is -0.309. The summed E-state index contributed by atoms with van der Waals surface area (Å²) in [7, 11) is 0. The standard InChI is InChI=1S/C37H56O10/c1-18-12-37(30-33(6,47-30)17-43-37)46-21-13-32(5)23-9-8-22-31(3,4)24(45-29-28(41)27(40)20(39)15-42-29)10-11-35(22)16-36(23,35)14-25(44-19(2)38)34(32,7)26(18)21/h18,20-30,39-41H,8-17H2,1-7H3/t18-,20-,21?,22+,23+,24+,25-,26+,27+,28-,29+,30+,32+,33+,34-,35-,36+,37-/m1/s1. The Morgan fingerprint density at radius 1 is 0.872 bits per heavy atom. The fraction of sp³-hybridized carbons (Fsp3) is 0.973. The first-order valence-electron chi connectivity index (χ1n) is 18.5. The Hall–Kier alpha value is -0.850. The van der Waals surface area contributed by atoms with E-state index in [2.05, 4.69) is 41.5 Å². The smallest absolute Gasteiger partial charge is 0.302 e. The zero-order valence-corrected chi connectivity index (χ0v) is 29.2. The second kappa shape index (κ2) is 9.52. The number of carbonyl (C=O) groups excluding carboxylic acids is 1. The van der Waals surface area contributed by atoms with Crippen LogP contribution >= 0.6 is 0 Å². The molecule has 3 N–H and O–H groups in total. The predicted octanol–water partition coefficient (Wildman–Crippen LogP) is 3.71. The maximum Gasteiger partial charge on any atom is 0.302 e. The Kier molecular flexibility index (Phi) is 6.50. The molecule has 5 aliphatic carbocycles. The van der Waals surface area contributed by atoms with E-state index in [0.29, 0.717) is 24.4 Å². The van der Waals surface area contributed by atoms with Gasteiger partial charge in [-0.25, -0.2) is 0 Å². The summed E-state index contributed by atoms with van der Waals surface area (Å²) >= 11 is 0. The minimum Gasteiger partial charge on any atom is -0.462 e. The molecule has 9 aliphatic rings. The number of hydrogen-bond donors (Lipinski definition) is 3. The molecule has 0 radical (unpaired) electrons. The Morgan fingerprint density at radius 2 is 1.62 bits per heavy atom. The summed E-state index contributed by atoms with van der Waals surface area (Å²) in [4.78, 5) is 12.9. The van der Waals surface area contributed by atoms with Crippen molar-refractivity contribution >= 4 is 5.97 Å². The number of hydrogen-bond acceptors (Lipinski definition) is 10. The average molecular weight is 661 g/mol. The van der Waals surface area contributed by atoms with Gasteiger partial charge in [0, 0.05) is 18.8 Å². The van der Waals surface area contributed by atoms with Gasteiger partial charge in [-0.05, 0) is 97.2 Å². The van der Waals surface area contributed by atoms with Crippen LogP contribution in [-0.2, 0) is 33.2 Å². The van der Waals surface area contributed by atoms with Crippen molar-refractivity contribution in [2.75, 3.05) is 13.2 Å². The highest BCUT2D eigenvalue weighted by atomic mass is 16.8. The second-order valence-electron chi connectivity index (χ2n) is 18.9. The van der Waals surface area contributed by atoms with Gasteiger partial charge in [-0.2, -0.15) is 0 Å². The molecule has 0 bridgehead atoms. The Labute approximate surface area is 278 Å². The Balaban J connectivity index is 1.03. The van der Waals surface area contributed by atoms with Gasteiger partial charge in [0.2, 0.25) is 0 Å². The number of epoxide rings is 1. The molecule has 0 aromatic heterocycles. The molecule has 264 valence electrons. The summed E-state index contributed by atoms with van der Waals surface area (Å²) in [6.07, 6.45) is 2.89. The molecule has 10 nitrogen and oxygen atoms in total. The highest BCUT2D eigenvalue weighted by Gasteiger charge is 2.86. The number of esters is 1. The first kappa shape index (κ1) is 32.1. The zero-order chi connectivity index (χ0) is 33.3. The quantitative estimate of drug-likeness (QED) is 0.234. The third-order valence-corrected chi connectivity index (χ3v) is 16.6. The minimum absolute atomic E-state index is 0.00697. The summed E-state index contributed by atoms with van der Waals surface area (Å²) in [6.45, 7) is 16.1. The molecule has 0 amide bonds. The molecule has 0 aromatic rings. The van der Waals surface area contributed by atoms with Crippen LogP contribution < -0.4 is 0 Å². The van der Waals surface area contributed by atoms with Gasteiger partial charge in [-0.1, -0.05) is 34.6 Å². The van der Waals surface area contributed by atoms with Crippen LogP contribution in [0.15, 0.2) is 0 Å². The van der Waals surface area contributed by atoms with Crippen LogP contribution in [0.25, 0.3) is 0 Å². The monoisotopic (exact) mass is 660 g/mol. The highest BCUT2D eigenvalue weighted by Crippen LogP contribution is 2.89. The molecular weight excluding hydrogens is 604 g/mol. The van der Waals surface area contributed by atoms with Crippen LogP contribution in [0.3, 0.4) is 0 Å². The molecule has 47 heavy (non-hydrogen) atoms. The maximum absolute atomic E-state index is 12.9. The van der Waals surface area contributed by atoms with Crippen LogP contribution in [0.4, 0.5) is 0 Å². The average Bonchev–Trinajstić information content (AvgIpc) is 3.81. The van der Waals surface area contributed by atoms with Crippen LogP contribution in [0, 0.1) is 50.7 Å². The van der Waals surface area contributed by atoms with Crippen LogP contribution in [0.2, 0.25) is 0 Å². The molecule has 4 aliphatic heterocycles. The van der Waals surface area contributed by atoms with Gasteiger partial charge in [0.15, 0.2) is 12.1 Å². The van der Waals surface area contributed by atoms with E-state index in [1.54, 1.807) is 6.92 Å². The van der Waals surface area contributed by atoms with Crippen molar-refractivity contribution in [2.24, 2.45) is 50.7 Å². The van der Waals surface area contributed by atoms with Gasteiger partial charge in [-0.3, -0.25) is 4.79 Å². The predicted molar refractivity (Wildman–Crippen MR) is 166 cm³/mol. The van der Waals surface area contributed by atoms with Crippen LogP contribution in [-0.4, -0.2) is 94.9 Å². The van der Waals surface area contributed by atoms with E-state index < -0.39 is 30.4 Å². The molecule has 3 spiro atoms. The van der Waals surface area contributed by atoms with Crippen molar-refractivity contribution in [2.45, 2.75) is 160 Å². The van der Waals surface area contributed by atoms with E-state index in [-0.39, 0.29) is 75.6 Å². The van der Waals surface area contributed by atoms with Gasteiger partial charge in [0.25, 0.3) is 0 Å². The lowest BCUT2D eigenvalue weighted by atomic mass is 9.41. The summed E-state index contributed by atoms with van der Waals surface area (Å²) in [5.41, 5.74) is -0.492. The number of rotatable bonds is 3. The Morgan fingerprint density at radius 3 is 2.30 bits per heavy atom. The van der Waals surface area contributed by atoms with Gasteiger partial charge < -0.3 is 43.7 Å². The molecule has 18 atom stereocenters. The van der Waals surface area contributed by atoms with E-state index in [1.165, 1.54) is 0 Å². The van der Waals surface area contributed by atoms with Crippen molar-refractivity contribution in [3.05, 3.63) is 0 Å². The number of carbonyl (C=O) groups is 1. The lowest BCUT2D eigenvalue weighted by Gasteiger charge is -2.65. The maximum atomic E-state index is 12.9. The van der Waals surface area contributed by atoms with E-state index in [4.69, 9.17) is 28.4 Å². The molecule has 9 rings (SSSR count). The third-order valence-electron chi connectivity index (χ3n) is 16.6. The number of aliphatic hydroxyl groups excluding tert-OH is 3. The first-order valence-corrected chi connectivity index (χ1v) is 18.5.